The number of rotatable bonds is 5. The third-order valence-electron chi connectivity index (χ3n) is 4.79. The molecular weight excluding hydrogens is 385 g/mol. The van der Waals surface area contributed by atoms with Gasteiger partial charge in [0.1, 0.15) is 5.92 Å². The Kier molecular flexibility index (Phi) is 5.37. The van der Waals surface area contributed by atoms with Gasteiger partial charge in [-0.3, -0.25) is 19.4 Å². The van der Waals surface area contributed by atoms with Gasteiger partial charge in [-0.1, -0.05) is 18.2 Å². The summed E-state index contributed by atoms with van der Waals surface area (Å²) < 4.78 is 38.7. The molecule has 1 aromatic carbocycles. The maximum Gasteiger partial charge on any atom is 0.416 e. The lowest BCUT2D eigenvalue weighted by atomic mass is 9.86. The predicted molar refractivity (Wildman–Crippen MR) is 97.9 cm³/mol. The van der Waals surface area contributed by atoms with Crippen molar-refractivity contribution in [1.82, 2.24) is 9.88 Å². The number of benzene rings is 1. The molecule has 0 saturated carbocycles. The molecule has 3 rings (SSSR count). The fraction of sp³-hybridized carbons (Fsp3) is 0.238. The van der Waals surface area contributed by atoms with Crippen LogP contribution in [-0.4, -0.2) is 33.9 Å². The Morgan fingerprint density at radius 2 is 1.83 bits per heavy atom. The molecule has 1 saturated heterocycles. The highest BCUT2D eigenvalue weighted by atomic mass is 19.4. The Balaban J connectivity index is 2.06. The van der Waals surface area contributed by atoms with Crippen LogP contribution in [-0.2, 0) is 15.8 Å². The van der Waals surface area contributed by atoms with Gasteiger partial charge in [0.25, 0.3) is 5.91 Å². The van der Waals surface area contributed by atoms with E-state index in [-0.39, 0.29) is 17.7 Å². The molecule has 0 N–H and O–H groups in total. The van der Waals surface area contributed by atoms with Crippen LogP contribution in [0.4, 0.5) is 13.2 Å². The zero-order valence-electron chi connectivity index (χ0n) is 15.4. The summed E-state index contributed by atoms with van der Waals surface area (Å²) >= 11 is 0. The van der Waals surface area contributed by atoms with Crippen LogP contribution in [0.2, 0.25) is 0 Å². The standard InChI is InChI=1S/C21H17F3N2O3/c1-3-10-26-17(13-6-8-15(9-7-13)21(22,23)24)16(19(28)20(26)29)18(27)14-5-4-12(2)25-11-14/h3-9,11,16-17H,1,10H2,2H3. The molecule has 1 aromatic heterocycles. The first kappa shape index (κ1) is 20.4. The fourth-order valence-corrected chi connectivity index (χ4v) is 3.36. The van der Waals surface area contributed by atoms with E-state index < -0.39 is 41.2 Å². The van der Waals surface area contributed by atoms with E-state index in [1.165, 1.54) is 30.5 Å². The van der Waals surface area contributed by atoms with Gasteiger partial charge >= 0.3 is 6.18 Å². The number of ketones is 2. The summed E-state index contributed by atoms with van der Waals surface area (Å²) in [7, 11) is 0. The molecule has 1 aliphatic heterocycles. The number of nitrogens with zero attached hydrogens (tertiary/aromatic N) is 2. The first-order chi connectivity index (χ1) is 13.6. The van der Waals surface area contributed by atoms with Crippen molar-refractivity contribution in [2.24, 2.45) is 5.92 Å². The third kappa shape index (κ3) is 3.83. The maximum atomic E-state index is 13.0. The second-order valence-electron chi connectivity index (χ2n) is 6.71. The van der Waals surface area contributed by atoms with Crippen LogP contribution < -0.4 is 0 Å². The second-order valence-corrected chi connectivity index (χ2v) is 6.71. The zero-order valence-corrected chi connectivity index (χ0v) is 15.4. The van der Waals surface area contributed by atoms with E-state index in [4.69, 9.17) is 0 Å². The van der Waals surface area contributed by atoms with Crippen molar-refractivity contribution in [3.8, 4) is 0 Å². The van der Waals surface area contributed by atoms with Crippen LogP contribution in [0.15, 0.2) is 55.3 Å². The van der Waals surface area contributed by atoms with E-state index in [1.807, 2.05) is 0 Å². The van der Waals surface area contributed by atoms with Crippen molar-refractivity contribution in [2.75, 3.05) is 6.54 Å². The topological polar surface area (TPSA) is 67.3 Å². The molecular formula is C21H17F3N2O3. The highest BCUT2D eigenvalue weighted by Gasteiger charge is 2.51. The summed E-state index contributed by atoms with van der Waals surface area (Å²) in [6, 6.07) is 6.18. The first-order valence-electron chi connectivity index (χ1n) is 8.75. The van der Waals surface area contributed by atoms with E-state index in [0.717, 1.165) is 17.0 Å². The molecule has 29 heavy (non-hydrogen) atoms. The number of hydrogen-bond acceptors (Lipinski definition) is 4. The molecule has 1 amide bonds. The summed E-state index contributed by atoms with van der Waals surface area (Å²) in [4.78, 5) is 43.3. The number of aryl methyl sites for hydroxylation is 1. The number of carbonyl (C=O) groups excluding carboxylic acids is 3. The molecule has 150 valence electrons. The monoisotopic (exact) mass is 402 g/mol. The van der Waals surface area contributed by atoms with Crippen LogP contribution in [0.5, 0.6) is 0 Å². The average molecular weight is 402 g/mol. The van der Waals surface area contributed by atoms with E-state index in [0.29, 0.717) is 5.69 Å². The van der Waals surface area contributed by atoms with Crippen LogP contribution in [0.3, 0.4) is 0 Å². The first-order valence-corrected chi connectivity index (χ1v) is 8.75. The summed E-state index contributed by atoms with van der Waals surface area (Å²) in [6.07, 6.45) is -1.82. The maximum absolute atomic E-state index is 13.0. The van der Waals surface area contributed by atoms with Gasteiger partial charge in [-0.2, -0.15) is 13.2 Å². The summed E-state index contributed by atoms with van der Waals surface area (Å²) in [5.41, 5.74) is 0.220. The summed E-state index contributed by atoms with van der Waals surface area (Å²) in [5, 5.41) is 0. The van der Waals surface area contributed by atoms with Gasteiger partial charge in [0.05, 0.1) is 11.6 Å². The Labute approximate surface area is 164 Å². The van der Waals surface area contributed by atoms with Crippen LogP contribution in [0.25, 0.3) is 0 Å². The molecule has 0 aliphatic carbocycles. The van der Waals surface area contributed by atoms with E-state index in [1.54, 1.807) is 13.0 Å². The molecule has 8 heteroatoms. The number of halogens is 3. The quantitative estimate of drug-likeness (QED) is 0.332. The lowest BCUT2D eigenvalue weighted by Gasteiger charge is -2.26. The van der Waals surface area contributed by atoms with E-state index in [9.17, 15) is 27.6 Å². The SMILES string of the molecule is C=CCN1C(=O)C(=O)C(C(=O)c2ccc(C)nc2)C1c1ccc(C(F)(F)F)cc1. The average Bonchev–Trinajstić information content (AvgIpc) is 2.93. The molecule has 1 fully saturated rings. The number of alkyl halides is 3. The smallest absolute Gasteiger partial charge is 0.324 e. The van der Waals surface area contributed by atoms with Gasteiger partial charge in [-0.15, -0.1) is 6.58 Å². The summed E-state index contributed by atoms with van der Waals surface area (Å²) in [6.45, 7) is 5.26. The Bertz CT molecular complexity index is 966. The Morgan fingerprint density at radius 3 is 2.34 bits per heavy atom. The van der Waals surface area contributed by atoms with Crippen molar-refractivity contribution in [3.05, 3.63) is 77.6 Å². The molecule has 2 heterocycles. The van der Waals surface area contributed by atoms with E-state index in [2.05, 4.69) is 11.6 Å². The van der Waals surface area contributed by atoms with Crippen molar-refractivity contribution in [1.29, 1.82) is 0 Å². The van der Waals surface area contributed by atoms with E-state index >= 15 is 0 Å². The van der Waals surface area contributed by atoms with Crippen LogP contribution >= 0.6 is 0 Å². The minimum absolute atomic E-state index is 0.0216. The predicted octanol–water partition coefficient (Wildman–Crippen LogP) is 3.55. The molecule has 5 nitrogen and oxygen atoms in total. The minimum Gasteiger partial charge on any atom is -0.324 e. The van der Waals surface area contributed by atoms with Crippen molar-refractivity contribution in [2.45, 2.75) is 19.1 Å². The number of amides is 1. The molecule has 0 radical (unpaired) electrons. The molecule has 0 spiro atoms. The molecule has 2 unspecified atom stereocenters. The number of Topliss-reactive ketones (excluding diaryl/α,β-unsaturated/α-hetero) is 2. The normalized spacial score (nSPS) is 19.5. The number of likely N-dealkylation sites (tertiary alicyclic amines) is 1. The number of aromatic nitrogens is 1. The minimum atomic E-state index is -4.52. The molecule has 2 atom stereocenters. The lowest BCUT2D eigenvalue weighted by molar-refractivity contribution is -0.140. The van der Waals surface area contributed by atoms with Crippen LogP contribution in [0, 0.1) is 12.8 Å². The van der Waals surface area contributed by atoms with Gasteiger partial charge < -0.3 is 4.90 Å². The Hall–Kier alpha value is -3.29. The highest BCUT2D eigenvalue weighted by molar-refractivity contribution is 6.44. The molecule has 0 bridgehead atoms. The number of hydrogen-bond donors (Lipinski definition) is 0. The number of carbonyl (C=O) groups is 3. The molecule has 1 aliphatic rings. The van der Waals surface area contributed by atoms with Gasteiger partial charge in [-0.05, 0) is 36.8 Å². The second kappa shape index (κ2) is 7.62. The van der Waals surface area contributed by atoms with Gasteiger partial charge in [0.15, 0.2) is 5.78 Å². The largest absolute Gasteiger partial charge is 0.416 e. The van der Waals surface area contributed by atoms with Gasteiger partial charge in [-0.25, -0.2) is 0 Å². The molecule has 2 aromatic rings. The fourth-order valence-electron chi connectivity index (χ4n) is 3.36. The van der Waals surface area contributed by atoms with Gasteiger partial charge in [0.2, 0.25) is 5.78 Å². The number of pyridine rings is 1. The third-order valence-corrected chi connectivity index (χ3v) is 4.79. The Morgan fingerprint density at radius 1 is 1.17 bits per heavy atom. The zero-order chi connectivity index (χ0) is 21.3. The van der Waals surface area contributed by atoms with Crippen LogP contribution in [0.1, 0.15) is 33.2 Å². The lowest BCUT2D eigenvalue weighted by Crippen LogP contribution is -2.31. The van der Waals surface area contributed by atoms with Crippen molar-refractivity contribution < 1.29 is 27.6 Å². The summed E-state index contributed by atoms with van der Waals surface area (Å²) in [5.74, 6) is -3.74. The van der Waals surface area contributed by atoms with Crippen molar-refractivity contribution >= 4 is 17.5 Å². The van der Waals surface area contributed by atoms with Gasteiger partial charge in [0, 0.05) is 24.0 Å². The van der Waals surface area contributed by atoms with Crippen molar-refractivity contribution in [3.63, 3.8) is 0 Å². The highest BCUT2D eigenvalue weighted by Crippen LogP contribution is 2.39.